The van der Waals surface area contributed by atoms with E-state index in [0.29, 0.717) is 45.2 Å². The molecule has 0 amide bonds. The average molecular weight is 500 g/mol. The number of aliphatic carboxylic acids is 1. The lowest BCUT2D eigenvalue weighted by atomic mass is 9.92. The predicted octanol–water partition coefficient (Wildman–Crippen LogP) is 4.45. The molecule has 0 bridgehead atoms. The SMILES string of the molecule is C[C@@H]1C[C@H](C)CN(c2ncc(Cl)c(Nc3ccc4c(c3)cc(OC(C)(C)C(=O)O)c(=O)n4C)n2)C1. The third kappa shape index (κ3) is 5.19. The van der Waals surface area contributed by atoms with E-state index in [1.165, 1.54) is 24.8 Å². The molecule has 4 rings (SSSR count). The number of nitrogens with zero attached hydrogens (tertiary/aromatic N) is 4. The first-order valence-corrected chi connectivity index (χ1v) is 11.9. The van der Waals surface area contributed by atoms with E-state index in [9.17, 15) is 14.7 Å². The van der Waals surface area contributed by atoms with Crippen LogP contribution in [0.1, 0.15) is 34.1 Å². The number of ether oxygens (including phenoxy) is 1. The van der Waals surface area contributed by atoms with Crippen molar-refractivity contribution in [3.63, 3.8) is 0 Å². The topological polar surface area (TPSA) is 110 Å². The van der Waals surface area contributed by atoms with Crippen LogP contribution in [0.25, 0.3) is 10.9 Å². The minimum Gasteiger partial charge on any atom is -0.478 e. The van der Waals surface area contributed by atoms with Crippen LogP contribution in [0, 0.1) is 11.8 Å². The van der Waals surface area contributed by atoms with Gasteiger partial charge in [-0.05, 0) is 56.4 Å². The quantitative estimate of drug-likeness (QED) is 0.512. The number of hydrogen-bond acceptors (Lipinski definition) is 7. The lowest BCUT2D eigenvalue weighted by molar-refractivity contribution is -0.152. The number of rotatable bonds is 6. The number of carbonyl (C=O) groups is 1. The zero-order chi connectivity index (χ0) is 25.5. The van der Waals surface area contributed by atoms with E-state index in [1.54, 1.807) is 25.4 Å². The summed E-state index contributed by atoms with van der Waals surface area (Å²) in [5.41, 5.74) is -0.594. The van der Waals surface area contributed by atoms with Gasteiger partial charge in [0.2, 0.25) is 5.95 Å². The molecule has 2 atom stereocenters. The van der Waals surface area contributed by atoms with Crippen LogP contribution in [-0.2, 0) is 11.8 Å². The van der Waals surface area contributed by atoms with Gasteiger partial charge >= 0.3 is 5.97 Å². The number of hydrogen-bond donors (Lipinski definition) is 2. The molecule has 186 valence electrons. The van der Waals surface area contributed by atoms with Crippen LogP contribution in [0.15, 0.2) is 35.3 Å². The number of carboxylic acids is 1. The van der Waals surface area contributed by atoms with Crippen molar-refractivity contribution in [2.75, 3.05) is 23.3 Å². The van der Waals surface area contributed by atoms with Crippen molar-refractivity contribution in [3.8, 4) is 5.75 Å². The van der Waals surface area contributed by atoms with Gasteiger partial charge in [0.1, 0.15) is 5.02 Å². The van der Waals surface area contributed by atoms with Crippen molar-refractivity contribution in [1.29, 1.82) is 0 Å². The number of carboxylic acid groups (broad SMARTS) is 1. The summed E-state index contributed by atoms with van der Waals surface area (Å²) < 4.78 is 6.99. The third-order valence-corrected chi connectivity index (χ3v) is 6.49. The van der Waals surface area contributed by atoms with Crippen molar-refractivity contribution >= 4 is 45.9 Å². The van der Waals surface area contributed by atoms with E-state index in [4.69, 9.17) is 16.3 Å². The van der Waals surface area contributed by atoms with E-state index in [1.807, 2.05) is 12.1 Å². The Morgan fingerprint density at radius 2 is 1.91 bits per heavy atom. The molecule has 0 unspecified atom stereocenters. The van der Waals surface area contributed by atoms with E-state index in [2.05, 4.69) is 34.0 Å². The van der Waals surface area contributed by atoms with Gasteiger partial charge in [-0.2, -0.15) is 4.98 Å². The normalized spacial score (nSPS) is 18.5. The molecule has 10 heteroatoms. The Kier molecular flexibility index (Phi) is 6.64. The Hall–Kier alpha value is -3.33. The Morgan fingerprint density at radius 3 is 2.57 bits per heavy atom. The van der Waals surface area contributed by atoms with Crippen molar-refractivity contribution in [2.24, 2.45) is 18.9 Å². The zero-order valence-electron chi connectivity index (χ0n) is 20.5. The molecule has 1 aromatic carbocycles. The number of aromatic nitrogens is 3. The molecule has 0 radical (unpaired) electrons. The first kappa shape index (κ1) is 24.8. The number of pyridine rings is 1. The third-order valence-electron chi connectivity index (χ3n) is 6.22. The van der Waals surface area contributed by atoms with Gasteiger partial charge in [-0.15, -0.1) is 0 Å². The molecule has 1 fully saturated rings. The van der Waals surface area contributed by atoms with Crippen LogP contribution in [0.4, 0.5) is 17.5 Å². The lowest BCUT2D eigenvalue weighted by Gasteiger charge is -2.35. The summed E-state index contributed by atoms with van der Waals surface area (Å²) in [5.74, 6) is 1.02. The highest BCUT2D eigenvalue weighted by Gasteiger charge is 2.31. The summed E-state index contributed by atoms with van der Waals surface area (Å²) >= 11 is 6.41. The first-order chi connectivity index (χ1) is 16.4. The molecule has 0 saturated carbocycles. The second-order valence-electron chi connectivity index (χ2n) is 9.91. The maximum absolute atomic E-state index is 12.7. The Labute approximate surface area is 208 Å². The maximum atomic E-state index is 12.7. The van der Waals surface area contributed by atoms with Crippen molar-refractivity contribution in [2.45, 2.75) is 39.7 Å². The van der Waals surface area contributed by atoms with E-state index in [0.717, 1.165) is 13.1 Å². The van der Waals surface area contributed by atoms with Gasteiger partial charge in [-0.3, -0.25) is 4.79 Å². The molecule has 1 aliphatic rings. The Morgan fingerprint density at radius 1 is 1.23 bits per heavy atom. The summed E-state index contributed by atoms with van der Waals surface area (Å²) in [6.07, 6.45) is 2.78. The fourth-order valence-corrected chi connectivity index (χ4v) is 4.62. The summed E-state index contributed by atoms with van der Waals surface area (Å²) in [4.78, 5) is 35.5. The number of piperidine rings is 1. The van der Waals surface area contributed by atoms with Gasteiger partial charge in [0.05, 0.1) is 11.7 Å². The second-order valence-corrected chi connectivity index (χ2v) is 10.3. The summed E-state index contributed by atoms with van der Waals surface area (Å²) in [7, 11) is 1.62. The standard InChI is InChI=1S/C25H30ClN5O4/c1-14-8-15(2)13-31(12-14)24-27-11-18(26)21(29-24)28-17-6-7-19-16(9-17)10-20(22(32)30(19)5)35-25(3,4)23(33)34/h6-7,9-11,14-15H,8,12-13H2,1-5H3,(H,33,34)(H,27,28,29)/t14-,15+. The monoisotopic (exact) mass is 499 g/mol. The molecule has 0 spiro atoms. The average Bonchev–Trinajstić information content (AvgIpc) is 2.77. The molecule has 1 saturated heterocycles. The molecule has 3 heterocycles. The number of aryl methyl sites for hydroxylation is 1. The minimum absolute atomic E-state index is 0.0414. The fourth-order valence-electron chi connectivity index (χ4n) is 4.48. The second kappa shape index (κ2) is 9.37. The molecule has 3 aromatic rings. The number of benzene rings is 1. The van der Waals surface area contributed by atoms with Crippen molar-refractivity contribution in [1.82, 2.24) is 14.5 Å². The van der Waals surface area contributed by atoms with Crippen LogP contribution in [0.2, 0.25) is 5.02 Å². The van der Waals surface area contributed by atoms with Crippen LogP contribution in [0.5, 0.6) is 5.75 Å². The maximum Gasteiger partial charge on any atom is 0.347 e. The molecular formula is C25H30ClN5O4. The van der Waals surface area contributed by atoms with E-state index in [-0.39, 0.29) is 5.75 Å². The van der Waals surface area contributed by atoms with Crippen LogP contribution >= 0.6 is 11.6 Å². The van der Waals surface area contributed by atoms with Crippen molar-refractivity contribution in [3.05, 3.63) is 45.8 Å². The zero-order valence-corrected chi connectivity index (χ0v) is 21.3. The highest BCUT2D eigenvalue weighted by molar-refractivity contribution is 6.32. The van der Waals surface area contributed by atoms with Gasteiger partial charge < -0.3 is 24.6 Å². The van der Waals surface area contributed by atoms with Gasteiger partial charge in [-0.1, -0.05) is 25.4 Å². The molecular weight excluding hydrogens is 470 g/mol. The lowest BCUT2D eigenvalue weighted by Crippen LogP contribution is -2.39. The van der Waals surface area contributed by atoms with Crippen molar-refractivity contribution < 1.29 is 14.6 Å². The summed E-state index contributed by atoms with van der Waals surface area (Å²) in [6, 6.07) is 7.01. The number of fused-ring (bicyclic) bond motifs is 1. The molecule has 35 heavy (non-hydrogen) atoms. The van der Waals surface area contributed by atoms with Gasteiger partial charge in [0.15, 0.2) is 17.2 Å². The van der Waals surface area contributed by atoms with Gasteiger partial charge in [-0.25, -0.2) is 9.78 Å². The van der Waals surface area contributed by atoms with Gasteiger partial charge in [0.25, 0.3) is 5.56 Å². The predicted molar refractivity (Wildman–Crippen MR) is 137 cm³/mol. The van der Waals surface area contributed by atoms with E-state index >= 15 is 0 Å². The smallest absolute Gasteiger partial charge is 0.347 e. The largest absolute Gasteiger partial charge is 0.478 e. The molecule has 2 aromatic heterocycles. The number of halogens is 1. The summed E-state index contributed by atoms with van der Waals surface area (Å²) in [6.45, 7) is 9.05. The van der Waals surface area contributed by atoms with Crippen LogP contribution < -0.4 is 20.5 Å². The highest BCUT2D eigenvalue weighted by atomic mass is 35.5. The Bertz CT molecular complexity index is 1330. The summed E-state index contributed by atoms with van der Waals surface area (Å²) in [5, 5.41) is 13.7. The molecule has 1 aliphatic heterocycles. The molecule has 2 N–H and O–H groups in total. The van der Waals surface area contributed by atoms with Crippen LogP contribution in [0.3, 0.4) is 0 Å². The minimum atomic E-state index is -1.55. The number of nitrogens with one attached hydrogen (secondary N) is 1. The Balaban J connectivity index is 1.66. The van der Waals surface area contributed by atoms with Gasteiger partial charge in [0, 0.05) is 31.2 Å². The fraction of sp³-hybridized carbons (Fsp3) is 0.440. The highest BCUT2D eigenvalue weighted by Crippen LogP contribution is 2.30. The van der Waals surface area contributed by atoms with Crippen LogP contribution in [-0.4, -0.2) is 44.3 Å². The first-order valence-electron chi connectivity index (χ1n) is 11.6. The number of anilines is 3. The van der Waals surface area contributed by atoms with E-state index < -0.39 is 17.1 Å². The molecule has 9 nitrogen and oxygen atoms in total. The molecule has 0 aliphatic carbocycles.